The van der Waals surface area contributed by atoms with E-state index in [0.717, 1.165) is 0 Å². The lowest BCUT2D eigenvalue weighted by atomic mass is 10.2. The monoisotopic (exact) mass is 279 g/mol. The summed E-state index contributed by atoms with van der Waals surface area (Å²) in [5.41, 5.74) is 0. The molecule has 102 valence electrons. The first-order valence-corrected chi connectivity index (χ1v) is 5.54. The number of aliphatic hydroxyl groups excluding tert-OH is 1. The van der Waals surface area contributed by atoms with Crippen molar-refractivity contribution in [3.05, 3.63) is 21.6 Å². The summed E-state index contributed by atoms with van der Waals surface area (Å²) in [4.78, 5) is 13.4. The summed E-state index contributed by atoms with van der Waals surface area (Å²) in [6, 6.07) is 0. The first kappa shape index (κ1) is 14.8. The quantitative estimate of drug-likeness (QED) is 0.327. The van der Waals surface area contributed by atoms with Crippen molar-refractivity contribution in [3.63, 3.8) is 0 Å². The number of aromatic nitrogens is 2. The van der Waals surface area contributed by atoms with Crippen molar-refractivity contribution in [1.82, 2.24) is 9.55 Å². The van der Waals surface area contributed by atoms with Gasteiger partial charge in [-0.25, -0.2) is 0 Å². The van der Waals surface area contributed by atoms with Crippen LogP contribution in [0.4, 0.5) is 5.82 Å². The van der Waals surface area contributed by atoms with Gasteiger partial charge < -0.3 is 24.7 Å². The Kier molecular flexibility index (Phi) is 5.99. The lowest BCUT2D eigenvalue weighted by Gasteiger charge is -2.10. The second-order valence-corrected chi connectivity index (χ2v) is 3.87. The van der Waals surface area contributed by atoms with Gasteiger partial charge in [0.05, 0.1) is 19.3 Å². The maximum atomic E-state index is 10.5. The molecule has 0 radical (unpaired) electrons. The van der Waals surface area contributed by atoms with Gasteiger partial charge in [-0.2, -0.15) is 0 Å². The van der Waals surface area contributed by atoms with Gasteiger partial charge in [0, 0.05) is 7.11 Å². The van der Waals surface area contributed by atoms with E-state index < -0.39 is 11.0 Å². The van der Waals surface area contributed by atoms with Crippen LogP contribution in [0.15, 0.2) is 6.20 Å². The molecule has 0 fully saturated rings. The third kappa shape index (κ3) is 4.57. The SMILES string of the molecule is COCOCCC(O)Cn1cc([N+](=O)[O-])nc1Cl. The van der Waals surface area contributed by atoms with Crippen LogP contribution in [-0.2, 0) is 16.0 Å². The molecule has 1 heterocycles. The first-order valence-electron chi connectivity index (χ1n) is 5.16. The number of halogens is 1. The summed E-state index contributed by atoms with van der Waals surface area (Å²) < 4.78 is 11.0. The average molecular weight is 280 g/mol. The van der Waals surface area contributed by atoms with Crippen LogP contribution in [-0.4, -0.2) is 46.2 Å². The standard InChI is InChI=1S/C9H14ClN3O5/c1-17-6-18-3-2-7(14)4-12-5-8(13(15)16)11-9(12)10/h5,7,14H,2-4,6H2,1H3. The van der Waals surface area contributed by atoms with E-state index >= 15 is 0 Å². The van der Waals surface area contributed by atoms with Gasteiger partial charge in [0.2, 0.25) is 0 Å². The molecule has 1 unspecified atom stereocenters. The Morgan fingerprint density at radius 3 is 3.00 bits per heavy atom. The molecule has 0 aliphatic heterocycles. The van der Waals surface area contributed by atoms with Crippen molar-refractivity contribution >= 4 is 17.4 Å². The van der Waals surface area contributed by atoms with Crippen LogP contribution in [0.25, 0.3) is 0 Å². The topological polar surface area (TPSA) is 99.6 Å². The molecule has 1 aromatic rings. The average Bonchev–Trinajstić information content (AvgIpc) is 2.67. The number of ether oxygens (including phenoxy) is 2. The zero-order chi connectivity index (χ0) is 13.5. The van der Waals surface area contributed by atoms with Gasteiger partial charge >= 0.3 is 11.1 Å². The zero-order valence-corrected chi connectivity index (χ0v) is 10.5. The highest BCUT2D eigenvalue weighted by Crippen LogP contribution is 2.16. The van der Waals surface area contributed by atoms with Gasteiger partial charge in [0.15, 0.2) is 0 Å². The molecule has 18 heavy (non-hydrogen) atoms. The first-order chi connectivity index (χ1) is 8.54. The molecule has 0 aliphatic carbocycles. The van der Waals surface area contributed by atoms with Gasteiger partial charge in [-0.05, 0) is 27.9 Å². The van der Waals surface area contributed by atoms with Crippen molar-refractivity contribution in [1.29, 1.82) is 0 Å². The number of nitro groups is 1. The highest BCUT2D eigenvalue weighted by atomic mass is 35.5. The molecule has 1 rings (SSSR count). The van der Waals surface area contributed by atoms with E-state index in [2.05, 4.69) is 9.72 Å². The second-order valence-electron chi connectivity index (χ2n) is 3.53. The Balaban J connectivity index is 2.43. The minimum absolute atomic E-state index is 0.0291. The van der Waals surface area contributed by atoms with Crippen molar-refractivity contribution < 1.29 is 19.5 Å². The molecule has 0 bridgehead atoms. The number of methoxy groups -OCH3 is 1. The number of hydrogen-bond donors (Lipinski definition) is 1. The lowest BCUT2D eigenvalue weighted by Crippen LogP contribution is -2.18. The Morgan fingerprint density at radius 1 is 1.72 bits per heavy atom. The van der Waals surface area contributed by atoms with Gasteiger partial charge in [0.25, 0.3) is 0 Å². The number of nitrogens with zero attached hydrogens (tertiary/aromatic N) is 3. The van der Waals surface area contributed by atoms with Crippen LogP contribution in [0, 0.1) is 10.1 Å². The molecule has 0 saturated heterocycles. The maximum absolute atomic E-state index is 10.5. The van der Waals surface area contributed by atoms with Crippen molar-refractivity contribution in [2.45, 2.75) is 19.1 Å². The van der Waals surface area contributed by atoms with E-state index in [0.29, 0.717) is 13.0 Å². The minimum atomic E-state index is -0.729. The van der Waals surface area contributed by atoms with Crippen LogP contribution < -0.4 is 0 Å². The maximum Gasteiger partial charge on any atom is 0.383 e. The normalized spacial score (nSPS) is 12.6. The Hall–Kier alpha value is -1.22. The van der Waals surface area contributed by atoms with Gasteiger partial charge in [-0.3, -0.25) is 4.57 Å². The zero-order valence-electron chi connectivity index (χ0n) is 9.78. The number of rotatable bonds is 8. The van der Waals surface area contributed by atoms with Gasteiger partial charge in [-0.1, -0.05) is 0 Å². The molecule has 8 nitrogen and oxygen atoms in total. The third-order valence-corrected chi connectivity index (χ3v) is 2.41. The van der Waals surface area contributed by atoms with Crippen LogP contribution >= 0.6 is 11.6 Å². The highest BCUT2D eigenvalue weighted by molar-refractivity contribution is 6.28. The fourth-order valence-corrected chi connectivity index (χ4v) is 1.48. The highest BCUT2D eigenvalue weighted by Gasteiger charge is 2.18. The van der Waals surface area contributed by atoms with E-state index in [1.54, 1.807) is 0 Å². The second kappa shape index (κ2) is 7.27. The molecule has 1 N–H and O–H groups in total. The van der Waals surface area contributed by atoms with E-state index in [1.165, 1.54) is 17.9 Å². The molecule has 1 aromatic heterocycles. The molecule has 9 heteroatoms. The van der Waals surface area contributed by atoms with E-state index in [4.69, 9.17) is 16.3 Å². The molecule has 0 aromatic carbocycles. The fourth-order valence-electron chi connectivity index (χ4n) is 1.28. The third-order valence-electron chi connectivity index (χ3n) is 2.11. The molecule has 0 spiro atoms. The van der Waals surface area contributed by atoms with Crippen LogP contribution in [0.3, 0.4) is 0 Å². The van der Waals surface area contributed by atoms with Crippen molar-refractivity contribution in [2.24, 2.45) is 0 Å². The predicted octanol–water partition coefficient (Wildman–Crippen LogP) is 0.816. The summed E-state index contributed by atoms with van der Waals surface area (Å²) in [5.74, 6) is -0.345. The molecule has 0 saturated carbocycles. The minimum Gasteiger partial charge on any atom is -0.391 e. The van der Waals surface area contributed by atoms with E-state index in [-0.39, 0.29) is 24.4 Å². The van der Waals surface area contributed by atoms with Crippen LogP contribution in [0.5, 0.6) is 0 Å². The number of imidazole rings is 1. The largest absolute Gasteiger partial charge is 0.391 e. The molecular formula is C9H14ClN3O5. The molecule has 1 atom stereocenters. The number of aliphatic hydroxyl groups is 1. The van der Waals surface area contributed by atoms with Gasteiger partial charge in [-0.15, -0.1) is 0 Å². The van der Waals surface area contributed by atoms with E-state index in [9.17, 15) is 15.2 Å². The summed E-state index contributed by atoms with van der Waals surface area (Å²) in [6.45, 7) is 0.601. The Labute approximate surface area is 108 Å². The molecule has 0 aliphatic rings. The van der Waals surface area contributed by atoms with Gasteiger partial charge in [0.1, 0.15) is 13.0 Å². The van der Waals surface area contributed by atoms with E-state index in [1.807, 2.05) is 0 Å². The lowest BCUT2D eigenvalue weighted by molar-refractivity contribution is -0.389. The summed E-state index contributed by atoms with van der Waals surface area (Å²) >= 11 is 5.70. The van der Waals surface area contributed by atoms with Crippen molar-refractivity contribution in [3.8, 4) is 0 Å². The number of hydrogen-bond acceptors (Lipinski definition) is 6. The summed E-state index contributed by atoms with van der Waals surface area (Å²) in [5, 5.41) is 20.1. The molecular weight excluding hydrogens is 266 g/mol. The predicted molar refractivity (Wildman–Crippen MR) is 62.3 cm³/mol. The fraction of sp³-hybridized carbons (Fsp3) is 0.667. The smallest absolute Gasteiger partial charge is 0.383 e. The summed E-state index contributed by atoms with van der Waals surface area (Å²) in [6.07, 6.45) is 0.820. The van der Waals surface area contributed by atoms with Crippen LogP contribution in [0.2, 0.25) is 5.28 Å². The Morgan fingerprint density at radius 2 is 2.44 bits per heavy atom. The summed E-state index contributed by atoms with van der Waals surface area (Å²) in [7, 11) is 1.50. The van der Waals surface area contributed by atoms with Crippen LogP contribution in [0.1, 0.15) is 6.42 Å². The Bertz CT molecular complexity index is 398. The molecule has 0 amide bonds. The van der Waals surface area contributed by atoms with Crippen molar-refractivity contribution in [2.75, 3.05) is 20.5 Å².